The lowest BCUT2D eigenvalue weighted by Gasteiger charge is -2.33. The molecule has 1 aromatic heterocycles. The van der Waals surface area contributed by atoms with E-state index in [2.05, 4.69) is 32.1 Å². The van der Waals surface area contributed by atoms with Gasteiger partial charge in [-0.3, -0.25) is 4.79 Å². The van der Waals surface area contributed by atoms with Crippen molar-refractivity contribution in [2.75, 3.05) is 50.6 Å². The van der Waals surface area contributed by atoms with Gasteiger partial charge in [0.05, 0.1) is 13.5 Å². The number of rotatable bonds is 5. The van der Waals surface area contributed by atoms with Gasteiger partial charge >= 0.3 is 0 Å². The van der Waals surface area contributed by atoms with Gasteiger partial charge in [-0.25, -0.2) is 9.97 Å². The van der Waals surface area contributed by atoms with Gasteiger partial charge in [0.1, 0.15) is 23.7 Å². The summed E-state index contributed by atoms with van der Waals surface area (Å²) in [4.78, 5) is 25.3. The molecule has 7 nitrogen and oxygen atoms in total. The van der Waals surface area contributed by atoms with Gasteiger partial charge in [0.15, 0.2) is 0 Å². The summed E-state index contributed by atoms with van der Waals surface area (Å²) < 4.78 is 5.29. The summed E-state index contributed by atoms with van der Waals surface area (Å²) in [7, 11) is 3.71. The van der Waals surface area contributed by atoms with Gasteiger partial charge in [-0.2, -0.15) is 0 Å². The normalized spacial score (nSPS) is 15.0. The molecule has 0 bridgehead atoms. The molecule has 2 aromatic rings. The highest BCUT2D eigenvalue weighted by Crippen LogP contribution is 2.19. The number of hydrogen-bond acceptors (Lipinski definition) is 6. The van der Waals surface area contributed by atoms with E-state index in [1.807, 2.05) is 30.3 Å². The number of aromatic nitrogens is 2. The molecule has 1 aromatic carbocycles. The van der Waals surface area contributed by atoms with Crippen molar-refractivity contribution < 1.29 is 9.53 Å². The van der Waals surface area contributed by atoms with Crippen molar-refractivity contribution in [3.8, 4) is 5.75 Å². The van der Waals surface area contributed by atoms with Crippen molar-refractivity contribution in [3.05, 3.63) is 42.2 Å². The van der Waals surface area contributed by atoms with Crippen LogP contribution in [0.15, 0.2) is 36.7 Å². The van der Waals surface area contributed by atoms with E-state index in [1.54, 1.807) is 7.11 Å². The van der Waals surface area contributed by atoms with E-state index in [1.165, 1.54) is 6.33 Å². The molecule has 7 heteroatoms. The largest absolute Gasteiger partial charge is 0.496 e. The molecule has 1 aliphatic rings. The SMILES string of the molecule is COc1ccccc1CC(=O)Nc1cc(N2CCN(C)CC2)ncn1. The highest BCUT2D eigenvalue weighted by Gasteiger charge is 2.16. The van der Waals surface area contributed by atoms with E-state index in [-0.39, 0.29) is 12.3 Å². The smallest absolute Gasteiger partial charge is 0.230 e. The number of hydrogen-bond donors (Lipinski definition) is 1. The van der Waals surface area contributed by atoms with Crippen LogP contribution in [0.3, 0.4) is 0 Å². The molecule has 132 valence electrons. The molecule has 1 N–H and O–H groups in total. The van der Waals surface area contributed by atoms with Crippen molar-refractivity contribution in [1.29, 1.82) is 0 Å². The highest BCUT2D eigenvalue weighted by atomic mass is 16.5. The van der Waals surface area contributed by atoms with E-state index in [0.29, 0.717) is 11.6 Å². The molecule has 0 aliphatic carbocycles. The molecule has 1 fully saturated rings. The Hall–Kier alpha value is -2.67. The fourth-order valence-corrected chi connectivity index (χ4v) is 2.83. The Balaban J connectivity index is 1.64. The van der Waals surface area contributed by atoms with E-state index >= 15 is 0 Å². The molecule has 3 rings (SSSR count). The lowest BCUT2D eigenvalue weighted by molar-refractivity contribution is -0.115. The monoisotopic (exact) mass is 341 g/mol. The zero-order valence-electron chi connectivity index (χ0n) is 14.6. The minimum Gasteiger partial charge on any atom is -0.496 e. The summed E-state index contributed by atoms with van der Waals surface area (Å²) in [5.74, 6) is 1.94. The average molecular weight is 341 g/mol. The van der Waals surface area contributed by atoms with Crippen molar-refractivity contribution >= 4 is 17.5 Å². The number of para-hydroxylation sites is 1. The summed E-state index contributed by atoms with van der Waals surface area (Å²) in [6.07, 6.45) is 1.73. The fourth-order valence-electron chi connectivity index (χ4n) is 2.83. The predicted octanol–water partition coefficient (Wildman–Crippen LogP) is 1.42. The van der Waals surface area contributed by atoms with Crippen LogP contribution in [0.5, 0.6) is 5.75 Å². The third-order valence-electron chi connectivity index (χ3n) is 4.29. The molecule has 2 heterocycles. The molecule has 0 saturated carbocycles. The van der Waals surface area contributed by atoms with Crippen LogP contribution in [0.25, 0.3) is 0 Å². The van der Waals surface area contributed by atoms with E-state index in [9.17, 15) is 4.79 Å². The zero-order valence-corrected chi connectivity index (χ0v) is 14.6. The van der Waals surface area contributed by atoms with Gasteiger partial charge in [0.25, 0.3) is 0 Å². The lowest BCUT2D eigenvalue weighted by atomic mass is 10.1. The summed E-state index contributed by atoms with van der Waals surface area (Å²) in [6, 6.07) is 9.33. The van der Waals surface area contributed by atoms with Crippen LogP contribution in [-0.4, -0.2) is 61.1 Å². The van der Waals surface area contributed by atoms with Gasteiger partial charge in [-0.1, -0.05) is 18.2 Å². The number of carbonyl (C=O) groups is 1. The number of amides is 1. The third-order valence-corrected chi connectivity index (χ3v) is 4.29. The first-order valence-corrected chi connectivity index (χ1v) is 8.33. The molecule has 0 spiro atoms. The quantitative estimate of drug-likeness (QED) is 0.887. The van der Waals surface area contributed by atoms with Crippen LogP contribution in [0.1, 0.15) is 5.56 Å². The van der Waals surface area contributed by atoms with Crippen molar-refractivity contribution in [2.45, 2.75) is 6.42 Å². The molecular formula is C18H23N5O2. The van der Waals surface area contributed by atoms with Crippen LogP contribution < -0.4 is 15.0 Å². The molecule has 0 radical (unpaired) electrons. The number of anilines is 2. The van der Waals surface area contributed by atoms with Gasteiger partial charge < -0.3 is 19.9 Å². The Morgan fingerprint density at radius 3 is 2.72 bits per heavy atom. The van der Waals surface area contributed by atoms with E-state index in [0.717, 1.165) is 37.6 Å². The Kier molecular flexibility index (Phi) is 5.45. The first-order chi connectivity index (χ1) is 12.2. The van der Waals surface area contributed by atoms with Crippen LogP contribution in [0.4, 0.5) is 11.6 Å². The van der Waals surface area contributed by atoms with Gasteiger partial charge in [-0.15, -0.1) is 0 Å². The number of benzene rings is 1. The molecule has 0 unspecified atom stereocenters. The predicted molar refractivity (Wildman–Crippen MR) is 97.1 cm³/mol. The summed E-state index contributed by atoms with van der Waals surface area (Å²) in [5.41, 5.74) is 0.843. The minimum atomic E-state index is -0.132. The number of methoxy groups -OCH3 is 1. The summed E-state index contributed by atoms with van der Waals surface area (Å²) in [5, 5.41) is 2.85. The Bertz CT molecular complexity index is 729. The molecule has 25 heavy (non-hydrogen) atoms. The number of nitrogens with one attached hydrogen (secondary N) is 1. The Morgan fingerprint density at radius 1 is 1.20 bits per heavy atom. The third kappa shape index (κ3) is 4.45. The van der Waals surface area contributed by atoms with Crippen LogP contribution >= 0.6 is 0 Å². The van der Waals surface area contributed by atoms with Crippen molar-refractivity contribution in [3.63, 3.8) is 0 Å². The zero-order chi connectivity index (χ0) is 17.6. The Labute approximate surface area is 147 Å². The number of piperazine rings is 1. The van der Waals surface area contributed by atoms with E-state index < -0.39 is 0 Å². The first-order valence-electron chi connectivity index (χ1n) is 8.33. The molecule has 1 saturated heterocycles. The molecule has 1 aliphatic heterocycles. The van der Waals surface area contributed by atoms with E-state index in [4.69, 9.17) is 4.74 Å². The number of nitrogens with zero attached hydrogens (tertiary/aromatic N) is 4. The average Bonchev–Trinajstić information content (AvgIpc) is 2.63. The van der Waals surface area contributed by atoms with Gasteiger partial charge in [0.2, 0.25) is 5.91 Å². The minimum absolute atomic E-state index is 0.132. The standard InChI is InChI=1S/C18H23N5O2/c1-22-7-9-23(10-8-22)17-12-16(19-13-20-17)21-18(24)11-14-5-3-4-6-15(14)25-2/h3-6,12-13H,7-11H2,1-2H3,(H,19,20,21,24). The maximum absolute atomic E-state index is 12.3. The second kappa shape index (κ2) is 7.94. The second-order valence-corrected chi connectivity index (χ2v) is 6.09. The van der Waals surface area contributed by atoms with Crippen molar-refractivity contribution in [2.24, 2.45) is 0 Å². The highest BCUT2D eigenvalue weighted by molar-refractivity contribution is 5.92. The van der Waals surface area contributed by atoms with Crippen molar-refractivity contribution in [1.82, 2.24) is 14.9 Å². The van der Waals surface area contributed by atoms with Crippen LogP contribution in [-0.2, 0) is 11.2 Å². The van der Waals surface area contributed by atoms with Crippen LogP contribution in [0, 0.1) is 0 Å². The first kappa shape index (κ1) is 17.2. The number of ether oxygens (including phenoxy) is 1. The number of carbonyl (C=O) groups excluding carboxylic acids is 1. The maximum atomic E-state index is 12.3. The second-order valence-electron chi connectivity index (χ2n) is 6.09. The van der Waals surface area contributed by atoms with Gasteiger partial charge in [0, 0.05) is 37.8 Å². The van der Waals surface area contributed by atoms with Gasteiger partial charge in [-0.05, 0) is 13.1 Å². The molecule has 1 amide bonds. The summed E-state index contributed by atoms with van der Waals surface area (Å²) in [6.45, 7) is 3.84. The topological polar surface area (TPSA) is 70.6 Å². The fraction of sp³-hybridized carbons (Fsp3) is 0.389. The van der Waals surface area contributed by atoms with Crippen LogP contribution in [0.2, 0.25) is 0 Å². The summed E-state index contributed by atoms with van der Waals surface area (Å²) >= 11 is 0. The maximum Gasteiger partial charge on any atom is 0.230 e. The molecule has 0 atom stereocenters. The molecular weight excluding hydrogens is 318 g/mol. The lowest BCUT2D eigenvalue weighted by Crippen LogP contribution is -2.44. The Morgan fingerprint density at radius 2 is 1.96 bits per heavy atom. The number of likely N-dealkylation sites (N-methyl/N-ethyl adjacent to an activating group) is 1.